The Morgan fingerprint density at radius 3 is 2.73 bits per heavy atom. The molecule has 3 rings (SSSR count). The molecule has 7 nitrogen and oxygen atoms in total. The Morgan fingerprint density at radius 1 is 1.38 bits per heavy atom. The summed E-state index contributed by atoms with van der Waals surface area (Å²) < 4.78 is 10.7. The molecule has 1 aromatic carbocycles. The highest BCUT2D eigenvalue weighted by Crippen LogP contribution is 2.19. The zero-order valence-corrected chi connectivity index (χ0v) is 14.8. The van der Waals surface area contributed by atoms with E-state index in [9.17, 15) is 4.79 Å². The van der Waals surface area contributed by atoms with Crippen molar-refractivity contribution in [2.75, 3.05) is 31.6 Å². The molecule has 7 heteroatoms. The van der Waals surface area contributed by atoms with Crippen LogP contribution < -0.4 is 10.1 Å². The first-order chi connectivity index (χ1) is 12.6. The number of ether oxygens (including phenoxy) is 1. The molecule has 2 heterocycles. The van der Waals surface area contributed by atoms with E-state index in [1.165, 1.54) is 0 Å². The predicted octanol–water partition coefficient (Wildman–Crippen LogP) is 2.58. The van der Waals surface area contributed by atoms with Crippen molar-refractivity contribution in [3.63, 3.8) is 0 Å². The summed E-state index contributed by atoms with van der Waals surface area (Å²) in [6.45, 7) is 4.93. The topological polar surface area (TPSA) is 91.4 Å². The summed E-state index contributed by atoms with van der Waals surface area (Å²) in [5, 5.41) is 15.4. The van der Waals surface area contributed by atoms with E-state index in [0.29, 0.717) is 23.7 Å². The van der Waals surface area contributed by atoms with Crippen molar-refractivity contribution in [3.05, 3.63) is 41.7 Å². The third-order valence-electron chi connectivity index (χ3n) is 4.50. The Morgan fingerprint density at radius 2 is 2.12 bits per heavy atom. The van der Waals surface area contributed by atoms with E-state index in [1.54, 1.807) is 37.3 Å². The molecule has 0 bridgehead atoms. The number of likely N-dealkylation sites (tertiary alicyclic amines) is 1. The summed E-state index contributed by atoms with van der Waals surface area (Å²) in [6, 6.07) is 10.9. The van der Waals surface area contributed by atoms with Crippen LogP contribution in [0.3, 0.4) is 0 Å². The van der Waals surface area contributed by atoms with Crippen LogP contribution in [0.25, 0.3) is 0 Å². The zero-order valence-electron chi connectivity index (χ0n) is 14.8. The highest BCUT2D eigenvalue weighted by atomic mass is 16.5. The fourth-order valence-corrected chi connectivity index (χ4v) is 2.99. The number of aryl methyl sites for hydroxylation is 1. The lowest BCUT2D eigenvalue weighted by Crippen LogP contribution is -2.40. The molecule has 0 unspecified atom stereocenters. The van der Waals surface area contributed by atoms with E-state index in [4.69, 9.17) is 14.5 Å². The van der Waals surface area contributed by atoms with Gasteiger partial charge in [-0.05, 0) is 57.1 Å². The van der Waals surface area contributed by atoms with Gasteiger partial charge in [0, 0.05) is 18.5 Å². The Balaban J connectivity index is 1.36. The Kier molecular flexibility index (Phi) is 5.87. The minimum absolute atomic E-state index is 0.00250. The molecule has 2 aromatic rings. The van der Waals surface area contributed by atoms with Gasteiger partial charge in [-0.15, -0.1) is 0 Å². The summed E-state index contributed by atoms with van der Waals surface area (Å²) in [4.78, 5) is 14.6. The van der Waals surface area contributed by atoms with Gasteiger partial charge >= 0.3 is 0 Å². The molecular formula is C19H22N4O3. The van der Waals surface area contributed by atoms with Crippen LogP contribution in [-0.2, 0) is 4.79 Å². The molecule has 0 spiro atoms. The van der Waals surface area contributed by atoms with E-state index in [0.717, 1.165) is 38.2 Å². The van der Waals surface area contributed by atoms with Crippen LogP contribution in [0.15, 0.2) is 34.9 Å². The quantitative estimate of drug-likeness (QED) is 0.857. The first kappa shape index (κ1) is 18.0. The number of piperidine rings is 1. The van der Waals surface area contributed by atoms with Crippen LogP contribution in [0.2, 0.25) is 0 Å². The second kappa shape index (κ2) is 8.50. The third kappa shape index (κ3) is 4.83. The van der Waals surface area contributed by atoms with Gasteiger partial charge in [0.1, 0.15) is 18.1 Å². The highest BCUT2D eigenvalue weighted by molar-refractivity contribution is 5.91. The number of nitrogens with zero attached hydrogens (tertiary/aromatic N) is 3. The number of anilines is 1. The summed E-state index contributed by atoms with van der Waals surface area (Å²) in [7, 11) is 0. The molecule has 0 saturated carbocycles. The number of hydrogen-bond donors (Lipinski definition) is 1. The minimum atomic E-state index is 0.00250. The van der Waals surface area contributed by atoms with Crippen molar-refractivity contribution in [2.24, 2.45) is 5.92 Å². The molecule has 136 valence electrons. The van der Waals surface area contributed by atoms with Crippen LogP contribution >= 0.6 is 0 Å². The lowest BCUT2D eigenvalue weighted by Gasteiger charge is -2.30. The normalized spacial score (nSPS) is 15.4. The fourth-order valence-electron chi connectivity index (χ4n) is 2.99. The van der Waals surface area contributed by atoms with E-state index in [-0.39, 0.29) is 11.8 Å². The second-order valence-corrected chi connectivity index (χ2v) is 6.41. The van der Waals surface area contributed by atoms with Gasteiger partial charge in [0.15, 0.2) is 5.82 Å². The number of benzene rings is 1. The van der Waals surface area contributed by atoms with Gasteiger partial charge in [-0.3, -0.25) is 9.69 Å². The molecule has 0 aliphatic carbocycles. The van der Waals surface area contributed by atoms with Crippen molar-refractivity contribution in [3.8, 4) is 11.8 Å². The molecule has 1 N–H and O–H groups in total. The Bertz CT molecular complexity index is 771. The SMILES string of the molecule is Cc1cc(NC(=O)C2CCN(CCOc3ccc(C#N)cc3)CC2)no1. The summed E-state index contributed by atoms with van der Waals surface area (Å²) in [5.74, 6) is 1.93. The van der Waals surface area contributed by atoms with Gasteiger partial charge in [0.05, 0.1) is 11.6 Å². The second-order valence-electron chi connectivity index (χ2n) is 6.41. The van der Waals surface area contributed by atoms with Gasteiger partial charge in [-0.1, -0.05) is 5.16 Å². The van der Waals surface area contributed by atoms with E-state index >= 15 is 0 Å². The lowest BCUT2D eigenvalue weighted by atomic mass is 9.96. The fraction of sp³-hybridized carbons (Fsp3) is 0.421. The molecule has 1 aliphatic heterocycles. The van der Waals surface area contributed by atoms with Crippen molar-refractivity contribution in [1.29, 1.82) is 5.26 Å². The Hall–Kier alpha value is -2.85. The smallest absolute Gasteiger partial charge is 0.228 e. The van der Waals surface area contributed by atoms with Gasteiger partial charge in [-0.2, -0.15) is 5.26 Å². The number of amides is 1. The maximum absolute atomic E-state index is 12.3. The minimum Gasteiger partial charge on any atom is -0.492 e. The molecule has 1 fully saturated rings. The highest BCUT2D eigenvalue weighted by Gasteiger charge is 2.25. The number of nitrogens with one attached hydrogen (secondary N) is 1. The molecule has 0 atom stereocenters. The maximum atomic E-state index is 12.3. The van der Waals surface area contributed by atoms with Gasteiger partial charge in [0.2, 0.25) is 5.91 Å². The van der Waals surface area contributed by atoms with Crippen LogP contribution in [0, 0.1) is 24.2 Å². The van der Waals surface area contributed by atoms with Gasteiger partial charge in [-0.25, -0.2) is 0 Å². The van der Waals surface area contributed by atoms with Gasteiger partial charge < -0.3 is 14.6 Å². The van der Waals surface area contributed by atoms with Crippen LogP contribution in [-0.4, -0.2) is 42.2 Å². The first-order valence-electron chi connectivity index (χ1n) is 8.73. The number of carbonyl (C=O) groups excluding carboxylic acids is 1. The van der Waals surface area contributed by atoms with Crippen LogP contribution in [0.4, 0.5) is 5.82 Å². The molecule has 26 heavy (non-hydrogen) atoms. The average molecular weight is 354 g/mol. The summed E-state index contributed by atoms with van der Waals surface area (Å²) in [6.07, 6.45) is 1.64. The van der Waals surface area contributed by atoms with Crippen molar-refractivity contribution in [1.82, 2.24) is 10.1 Å². The van der Waals surface area contributed by atoms with E-state index < -0.39 is 0 Å². The molecule has 1 saturated heterocycles. The van der Waals surface area contributed by atoms with Gasteiger partial charge in [0.25, 0.3) is 0 Å². The Labute approximate surface area is 152 Å². The standard InChI is InChI=1S/C19H22N4O3/c1-14-12-18(22-26-14)21-19(24)16-6-8-23(9-7-16)10-11-25-17-4-2-15(13-20)3-5-17/h2-5,12,16H,6-11H2,1H3,(H,21,22,24). The molecule has 1 aliphatic rings. The van der Waals surface area contributed by atoms with Crippen molar-refractivity contribution < 1.29 is 14.1 Å². The monoisotopic (exact) mass is 354 g/mol. The molecule has 1 amide bonds. The van der Waals surface area contributed by atoms with E-state index in [2.05, 4.69) is 21.4 Å². The van der Waals surface area contributed by atoms with E-state index in [1.807, 2.05) is 0 Å². The molecule has 1 aromatic heterocycles. The van der Waals surface area contributed by atoms with Crippen LogP contribution in [0.5, 0.6) is 5.75 Å². The summed E-state index contributed by atoms with van der Waals surface area (Å²) >= 11 is 0. The number of aromatic nitrogens is 1. The first-order valence-corrected chi connectivity index (χ1v) is 8.73. The predicted molar refractivity (Wildman–Crippen MR) is 95.7 cm³/mol. The van der Waals surface area contributed by atoms with Crippen molar-refractivity contribution in [2.45, 2.75) is 19.8 Å². The van der Waals surface area contributed by atoms with Crippen LogP contribution in [0.1, 0.15) is 24.2 Å². The number of nitriles is 1. The molecular weight excluding hydrogens is 332 g/mol. The number of hydrogen-bond acceptors (Lipinski definition) is 6. The average Bonchev–Trinajstić information content (AvgIpc) is 3.07. The largest absolute Gasteiger partial charge is 0.492 e. The molecule has 0 radical (unpaired) electrons. The number of carbonyl (C=O) groups is 1. The number of rotatable bonds is 6. The summed E-state index contributed by atoms with van der Waals surface area (Å²) in [5.41, 5.74) is 0.624. The lowest BCUT2D eigenvalue weighted by molar-refractivity contribution is -0.121. The maximum Gasteiger partial charge on any atom is 0.228 e. The zero-order chi connectivity index (χ0) is 18.4. The van der Waals surface area contributed by atoms with Crippen molar-refractivity contribution >= 4 is 11.7 Å². The third-order valence-corrected chi connectivity index (χ3v) is 4.50.